The summed E-state index contributed by atoms with van der Waals surface area (Å²) >= 11 is 6.05. The van der Waals surface area contributed by atoms with Crippen molar-refractivity contribution >= 4 is 28.4 Å². The third-order valence-electron chi connectivity index (χ3n) is 3.34. The van der Waals surface area contributed by atoms with Gasteiger partial charge in [0.15, 0.2) is 0 Å². The number of carbonyl (C=O) groups is 1. The molecule has 0 N–H and O–H groups in total. The van der Waals surface area contributed by atoms with E-state index in [1.54, 1.807) is 18.1 Å². The molecule has 0 saturated heterocycles. The third-order valence-corrected chi connectivity index (χ3v) is 3.53. The van der Waals surface area contributed by atoms with Crippen LogP contribution in [0.3, 0.4) is 0 Å². The Morgan fingerprint density at radius 3 is 2.76 bits per heavy atom. The van der Waals surface area contributed by atoms with E-state index in [0.717, 1.165) is 10.9 Å². The molecule has 0 saturated carbocycles. The zero-order valence-corrected chi connectivity index (χ0v) is 13.2. The number of nitrogens with zero attached hydrogens (tertiary/aromatic N) is 2. The lowest BCUT2D eigenvalue weighted by Gasteiger charge is -2.27. The van der Waals surface area contributed by atoms with Gasteiger partial charge in [0.25, 0.3) is 5.91 Å². The fraction of sp³-hybridized carbons (Fsp3) is 0.375. The molecule has 0 spiro atoms. The zero-order valence-electron chi connectivity index (χ0n) is 12.5. The predicted octanol–water partition coefficient (Wildman–Crippen LogP) is 3.39. The number of ether oxygens (including phenoxy) is 1. The van der Waals surface area contributed by atoms with Crippen LogP contribution in [-0.4, -0.2) is 42.1 Å². The van der Waals surface area contributed by atoms with E-state index in [2.05, 4.69) is 4.98 Å². The van der Waals surface area contributed by atoms with Crippen LogP contribution < -0.4 is 0 Å². The van der Waals surface area contributed by atoms with Crippen molar-refractivity contribution in [2.45, 2.75) is 19.9 Å². The van der Waals surface area contributed by atoms with Gasteiger partial charge in [0.1, 0.15) is 5.15 Å². The van der Waals surface area contributed by atoms with E-state index in [-0.39, 0.29) is 11.9 Å². The molecule has 0 fully saturated rings. The minimum Gasteiger partial charge on any atom is -0.383 e. The molecule has 0 aliphatic rings. The van der Waals surface area contributed by atoms with E-state index in [9.17, 15) is 4.79 Å². The van der Waals surface area contributed by atoms with Crippen LogP contribution in [0, 0.1) is 0 Å². The molecule has 0 aliphatic carbocycles. The number of benzene rings is 1. The molecule has 2 aromatic rings. The fourth-order valence-corrected chi connectivity index (χ4v) is 2.46. The van der Waals surface area contributed by atoms with Gasteiger partial charge in [0.05, 0.1) is 17.7 Å². The monoisotopic (exact) mass is 306 g/mol. The van der Waals surface area contributed by atoms with E-state index >= 15 is 0 Å². The number of hydrogen-bond acceptors (Lipinski definition) is 3. The minimum absolute atomic E-state index is 0.0532. The number of carbonyl (C=O) groups excluding carboxylic acids is 1. The van der Waals surface area contributed by atoms with Crippen molar-refractivity contribution in [3.05, 3.63) is 41.0 Å². The second-order valence-corrected chi connectivity index (χ2v) is 5.48. The van der Waals surface area contributed by atoms with Crippen LogP contribution in [0.1, 0.15) is 24.2 Å². The van der Waals surface area contributed by atoms with Crippen molar-refractivity contribution in [2.75, 3.05) is 20.3 Å². The molecular formula is C16H19ClN2O2. The second-order valence-electron chi connectivity index (χ2n) is 5.09. The van der Waals surface area contributed by atoms with Crippen LogP contribution in [0.15, 0.2) is 30.3 Å². The molecular weight excluding hydrogens is 288 g/mol. The zero-order chi connectivity index (χ0) is 15.4. The average Bonchev–Trinajstić information content (AvgIpc) is 2.46. The number of halogens is 1. The molecule has 4 nitrogen and oxygen atoms in total. The van der Waals surface area contributed by atoms with Gasteiger partial charge < -0.3 is 9.64 Å². The van der Waals surface area contributed by atoms with E-state index in [1.807, 2.05) is 38.1 Å². The number of para-hydroxylation sites is 1. The highest BCUT2D eigenvalue weighted by Gasteiger charge is 2.21. The molecule has 2 rings (SSSR count). The van der Waals surface area contributed by atoms with Crippen LogP contribution in [0.25, 0.3) is 10.9 Å². The first kappa shape index (κ1) is 15.7. The number of methoxy groups -OCH3 is 1. The fourth-order valence-electron chi connectivity index (χ4n) is 2.26. The molecule has 0 bridgehead atoms. The van der Waals surface area contributed by atoms with Crippen LogP contribution in [0.4, 0.5) is 0 Å². The molecule has 1 aromatic carbocycles. The molecule has 0 atom stereocenters. The highest BCUT2D eigenvalue weighted by molar-refractivity contribution is 6.30. The van der Waals surface area contributed by atoms with Crippen molar-refractivity contribution < 1.29 is 9.53 Å². The Hall–Kier alpha value is -1.65. The van der Waals surface area contributed by atoms with Gasteiger partial charge in [-0.2, -0.15) is 0 Å². The van der Waals surface area contributed by atoms with Gasteiger partial charge in [-0.15, -0.1) is 0 Å². The van der Waals surface area contributed by atoms with Crippen LogP contribution in [-0.2, 0) is 4.74 Å². The molecule has 1 aromatic heterocycles. The molecule has 112 valence electrons. The number of hydrogen-bond donors (Lipinski definition) is 0. The summed E-state index contributed by atoms with van der Waals surface area (Å²) in [5, 5.41) is 1.14. The highest BCUT2D eigenvalue weighted by atomic mass is 35.5. The summed E-state index contributed by atoms with van der Waals surface area (Å²) in [4.78, 5) is 18.9. The predicted molar refractivity (Wildman–Crippen MR) is 84.8 cm³/mol. The summed E-state index contributed by atoms with van der Waals surface area (Å²) in [5.41, 5.74) is 1.30. The van der Waals surface area contributed by atoms with E-state index < -0.39 is 0 Å². The van der Waals surface area contributed by atoms with Gasteiger partial charge in [0.2, 0.25) is 0 Å². The van der Waals surface area contributed by atoms with Gasteiger partial charge >= 0.3 is 0 Å². The number of amides is 1. The van der Waals surface area contributed by atoms with Crippen molar-refractivity contribution in [2.24, 2.45) is 0 Å². The SMILES string of the molecule is COCCN(C(=O)c1cc(Cl)nc2ccccc12)C(C)C. The Balaban J connectivity index is 2.46. The van der Waals surface area contributed by atoms with E-state index in [1.165, 1.54) is 0 Å². The standard InChI is InChI=1S/C16H19ClN2O2/c1-11(2)19(8-9-21-3)16(20)13-10-15(17)18-14-7-5-4-6-12(13)14/h4-7,10-11H,8-9H2,1-3H3. The maximum atomic E-state index is 12.8. The van der Waals surface area contributed by atoms with Crippen molar-refractivity contribution in [1.82, 2.24) is 9.88 Å². The molecule has 0 aliphatic heterocycles. The lowest BCUT2D eigenvalue weighted by Crippen LogP contribution is -2.39. The number of aromatic nitrogens is 1. The van der Waals surface area contributed by atoms with Crippen LogP contribution in [0.2, 0.25) is 5.15 Å². The average molecular weight is 307 g/mol. The van der Waals surface area contributed by atoms with E-state index in [4.69, 9.17) is 16.3 Å². The summed E-state index contributed by atoms with van der Waals surface area (Å²) in [6.45, 7) is 5.01. The van der Waals surface area contributed by atoms with Crippen molar-refractivity contribution in [3.63, 3.8) is 0 Å². The van der Waals surface area contributed by atoms with Gasteiger partial charge in [-0.05, 0) is 26.0 Å². The topological polar surface area (TPSA) is 42.4 Å². The summed E-state index contributed by atoms with van der Waals surface area (Å²) in [5.74, 6) is -0.0532. The Labute approximate surface area is 129 Å². The first-order chi connectivity index (χ1) is 10.0. The molecule has 1 amide bonds. The summed E-state index contributed by atoms with van der Waals surface area (Å²) in [7, 11) is 1.63. The Morgan fingerprint density at radius 1 is 1.38 bits per heavy atom. The molecule has 0 unspecified atom stereocenters. The largest absolute Gasteiger partial charge is 0.383 e. The normalized spacial score (nSPS) is 11.1. The third kappa shape index (κ3) is 3.52. The first-order valence-corrected chi connectivity index (χ1v) is 7.27. The maximum Gasteiger partial charge on any atom is 0.254 e. The quantitative estimate of drug-likeness (QED) is 0.795. The van der Waals surface area contributed by atoms with Crippen molar-refractivity contribution in [3.8, 4) is 0 Å². The Morgan fingerprint density at radius 2 is 2.10 bits per heavy atom. The summed E-state index contributed by atoms with van der Waals surface area (Å²) < 4.78 is 5.09. The van der Waals surface area contributed by atoms with Gasteiger partial charge in [0, 0.05) is 25.1 Å². The second kappa shape index (κ2) is 6.87. The van der Waals surface area contributed by atoms with E-state index in [0.29, 0.717) is 23.9 Å². The lowest BCUT2D eigenvalue weighted by atomic mass is 10.1. The number of rotatable bonds is 5. The van der Waals surface area contributed by atoms with Gasteiger partial charge in [-0.25, -0.2) is 4.98 Å². The summed E-state index contributed by atoms with van der Waals surface area (Å²) in [6, 6.07) is 9.23. The molecule has 5 heteroatoms. The molecule has 1 heterocycles. The molecule has 21 heavy (non-hydrogen) atoms. The first-order valence-electron chi connectivity index (χ1n) is 6.89. The van der Waals surface area contributed by atoms with Crippen molar-refractivity contribution in [1.29, 1.82) is 0 Å². The Bertz CT molecular complexity index is 643. The highest BCUT2D eigenvalue weighted by Crippen LogP contribution is 2.22. The molecule has 0 radical (unpaired) electrons. The number of fused-ring (bicyclic) bond motifs is 1. The maximum absolute atomic E-state index is 12.8. The van der Waals surface area contributed by atoms with Crippen LogP contribution in [0.5, 0.6) is 0 Å². The van der Waals surface area contributed by atoms with Gasteiger partial charge in [-0.3, -0.25) is 4.79 Å². The minimum atomic E-state index is -0.0532. The lowest BCUT2D eigenvalue weighted by molar-refractivity contribution is 0.0637. The van der Waals surface area contributed by atoms with Crippen LogP contribution >= 0.6 is 11.6 Å². The summed E-state index contributed by atoms with van der Waals surface area (Å²) in [6.07, 6.45) is 0. The number of pyridine rings is 1. The van der Waals surface area contributed by atoms with Gasteiger partial charge in [-0.1, -0.05) is 29.8 Å². The Kier molecular flexibility index (Phi) is 5.15. The smallest absolute Gasteiger partial charge is 0.254 e.